The zero-order valence-electron chi connectivity index (χ0n) is 12.3. The molecule has 0 aliphatic rings. The number of carbonyl (C=O) groups is 2. The minimum atomic E-state index is -0.496. The third-order valence-electron chi connectivity index (χ3n) is 2.69. The summed E-state index contributed by atoms with van der Waals surface area (Å²) in [5, 5.41) is 15.3. The minimum Gasteiger partial charge on any atom is -0.333 e. The first-order valence-electron chi connectivity index (χ1n) is 6.68. The normalized spacial score (nSPS) is 10.7. The molecule has 2 heterocycles. The lowest BCUT2D eigenvalue weighted by Crippen LogP contribution is -2.39. The van der Waals surface area contributed by atoms with Gasteiger partial charge in [-0.1, -0.05) is 17.8 Å². The second kappa shape index (κ2) is 7.95. The van der Waals surface area contributed by atoms with Crippen LogP contribution in [0.15, 0.2) is 29.0 Å². The van der Waals surface area contributed by atoms with E-state index in [-0.39, 0.29) is 17.7 Å². The Bertz CT molecular complexity index is 624. The second-order valence-electron chi connectivity index (χ2n) is 4.71. The first-order valence-corrected chi connectivity index (χ1v) is 8.55. The summed E-state index contributed by atoms with van der Waals surface area (Å²) in [4.78, 5) is 24.4. The number of aromatic nitrogens is 3. The topological polar surface area (TPSA) is 88.9 Å². The van der Waals surface area contributed by atoms with Gasteiger partial charge < -0.3 is 9.88 Å². The number of carbonyl (C=O) groups excluding carboxylic acids is 2. The molecule has 0 aromatic carbocycles. The highest BCUT2D eigenvalue weighted by molar-refractivity contribution is 7.99. The van der Waals surface area contributed by atoms with E-state index in [1.54, 1.807) is 17.7 Å². The summed E-state index contributed by atoms with van der Waals surface area (Å²) < 4.78 is 1.87. The lowest BCUT2D eigenvalue weighted by Gasteiger charge is -2.09. The highest BCUT2D eigenvalue weighted by atomic mass is 32.2. The Morgan fingerprint density at radius 2 is 2.27 bits per heavy atom. The monoisotopic (exact) mass is 339 g/mol. The van der Waals surface area contributed by atoms with E-state index in [9.17, 15) is 9.59 Å². The van der Waals surface area contributed by atoms with Gasteiger partial charge in [-0.05, 0) is 25.3 Å². The highest BCUT2D eigenvalue weighted by Crippen LogP contribution is 2.18. The van der Waals surface area contributed by atoms with Crippen molar-refractivity contribution in [3.63, 3.8) is 0 Å². The van der Waals surface area contributed by atoms with Crippen LogP contribution in [0.5, 0.6) is 0 Å². The molecule has 22 heavy (non-hydrogen) atoms. The lowest BCUT2D eigenvalue weighted by atomic mass is 10.4. The molecule has 0 saturated carbocycles. The third-order valence-corrected chi connectivity index (χ3v) is 4.52. The largest absolute Gasteiger partial charge is 0.333 e. The molecular weight excluding hydrogens is 322 g/mol. The quantitative estimate of drug-likeness (QED) is 0.786. The van der Waals surface area contributed by atoms with Crippen LogP contribution >= 0.6 is 23.1 Å². The SMILES string of the molecule is CC(C)n1cnnc1SCC(=O)NC(=O)NCc1cccs1. The Hall–Kier alpha value is -1.87. The van der Waals surface area contributed by atoms with Crippen LogP contribution in [0.3, 0.4) is 0 Å². The van der Waals surface area contributed by atoms with E-state index >= 15 is 0 Å². The molecule has 0 aliphatic heterocycles. The predicted octanol–water partition coefficient (Wildman–Crippen LogP) is 2.04. The lowest BCUT2D eigenvalue weighted by molar-refractivity contribution is -0.117. The smallest absolute Gasteiger partial charge is 0.321 e. The molecule has 2 aromatic rings. The molecule has 9 heteroatoms. The third kappa shape index (κ3) is 4.85. The number of hydrogen-bond donors (Lipinski definition) is 2. The van der Waals surface area contributed by atoms with Gasteiger partial charge >= 0.3 is 6.03 Å². The Morgan fingerprint density at radius 1 is 1.45 bits per heavy atom. The molecule has 0 unspecified atom stereocenters. The Kier molecular flexibility index (Phi) is 5.96. The van der Waals surface area contributed by atoms with Crippen LogP contribution in [0.2, 0.25) is 0 Å². The summed E-state index contributed by atoms with van der Waals surface area (Å²) in [7, 11) is 0. The second-order valence-corrected chi connectivity index (χ2v) is 6.69. The van der Waals surface area contributed by atoms with E-state index in [0.29, 0.717) is 11.7 Å². The molecule has 0 saturated heterocycles. The average Bonchev–Trinajstić information content (AvgIpc) is 3.14. The van der Waals surface area contributed by atoms with Gasteiger partial charge in [0.1, 0.15) is 6.33 Å². The van der Waals surface area contributed by atoms with Gasteiger partial charge in [0, 0.05) is 10.9 Å². The number of nitrogens with one attached hydrogen (secondary N) is 2. The van der Waals surface area contributed by atoms with Crippen LogP contribution in [-0.4, -0.2) is 32.5 Å². The molecule has 7 nitrogen and oxygen atoms in total. The van der Waals surface area contributed by atoms with Gasteiger partial charge in [0.25, 0.3) is 0 Å². The predicted molar refractivity (Wildman–Crippen MR) is 85.8 cm³/mol. The van der Waals surface area contributed by atoms with Crippen LogP contribution < -0.4 is 10.6 Å². The maximum absolute atomic E-state index is 11.7. The van der Waals surface area contributed by atoms with Crippen molar-refractivity contribution in [3.8, 4) is 0 Å². The maximum atomic E-state index is 11.7. The molecule has 0 bridgehead atoms. The summed E-state index contributed by atoms with van der Waals surface area (Å²) in [6.45, 7) is 4.42. The summed E-state index contributed by atoms with van der Waals surface area (Å²) in [6.07, 6.45) is 1.62. The number of thiophene rings is 1. The first kappa shape index (κ1) is 16.5. The fraction of sp³-hybridized carbons (Fsp3) is 0.385. The van der Waals surface area contributed by atoms with E-state index in [4.69, 9.17) is 0 Å². The van der Waals surface area contributed by atoms with Crippen molar-refractivity contribution in [3.05, 3.63) is 28.7 Å². The molecular formula is C13H17N5O2S2. The number of hydrogen-bond acceptors (Lipinski definition) is 6. The summed E-state index contributed by atoms with van der Waals surface area (Å²) in [6, 6.07) is 3.55. The zero-order chi connectivity index (χ0) is 15.9. The molecule has 3 amide bonds. The Morgan fingerprint density at radius 3 is 2.95 bits per heavy atom. The molecule has 2 N–H and O–H groups in total. The van der Waals surface area contributed by atoms with Gasteiger partial charge in [-0.15, -0.1) is 21.5 Å². The van der Waals surface area contributed by atoms with Gasteiger partial charge in [0.15, 0.2) is 5.16 Å². The summed E-state index contributed by atoms with van der Waals surface area (Å²) >= 11 is 2.79. The molecule has 0 atom stereocenters. The van der Waals surface area contributed by atoms with Crippen molar-refractivity contribution >= 4 is 35.0 Å². The van der Waals surface area contributed by atoms with Crippen molar-refractivity contribution in [1.29, 1.82) is 0 Å². The number of imide groups is 1. The number of urea groups is 1. The fourth-order valence-electron chi connectivity index (χ4n) is 1.61. The molecule has 2 rings (SSSR count). The maximum Gasteiger partial charge on any atom is 0.321 e. The first-order chi connectivity index (χ1) is 10.6. The average molecular weight is 339 g/mol. The van der Waals surface area contributed by atoms with Crippen molar-refractivity contribution in [2.45, 2.75) is 31.6 Å². The summed E-state index contributed by atoms with van der Waals surface area (Å²) in [5.41, 5.74) is 0. The van der Waals surface area contributed by atoms with Crippen molar-refractivity contribution in [1.82, 2.24) is 25.4 Å². The number of amides is 3. The number of nitrogens with zero attached hydrogens (tertiary/aromatic N) is 3. The van der Waals surface area contributed by atoms with E-state index in [0.717, 1.165) is 4.88 Å². The molecule has 118 valence electrons. The van der Waals surface area contributed by atoms with Gasteiger partial charge in [-0.25, -0.2) is 4.79 Å². The molecule has 0 fully saturated rings. The van der Waals surface area contributed by atoms with E-state index in [1.165, 1.54) is 11.8 Å². The Labute approximate surface area is 136 Å². The van der Waals surface area contributed by atoms with Crippen molar-refractivity contribution in [2.24, 2.45) is 0 Å². The van der Waals surface area contributed by atoms with E-state index in [2.05, 4.69) is 20.8 Å². The standard InChI is InChI=1S/C13H17N5O2S2/c1-9(2)18-8-15-17-13(18)22-7-11(19)16-12(20)14-6-10-4-3-5-21-10/h3-5,8-9H,6-7H2,1-2H3,(H2,14,16,19,20). The van der Waals surface area contributed by atoms with Gasteiger partial charge in [0.2, 0.25) is 5.91 Å². The molecule has 0 spiro atoms. The van der Waals surface area contributed by atoms with Crippen molar-refractivity contribution in [2.75, 3.05) is 5.75 Å². The van der Waals surface area contributed by atoms with Gasteiger partial charge in [-0.3, -0.25) is 10.1 Å². The van der Waals surface area contributed by atoms with Crippen LogP contribution in [0.1, 0.15) is 24.8 Å². The van der Waals surface area contributed by atoms with Crippen LogP contribution in [0.25, 0.3) is 0 Å². The minimum absolute atomic E-state index is 0.109. The fourth-order valence-corrected chi connectivity index (χ4v) is 3.10. The van der Waals surface area contributed by atoms with Gasteiger partial charge in [0.05, 0.1) is 12.3 Å². The summed E-state index contributed by atoms with van der Waals surface area (Å²) in [5.74, 6) is -0.260. The van der Waals surface area contributed by atoms with Crippen molar-refractivity contribution < 1.29 is 9.59 Å². The molecule has 0 aliphatic carbocycles. The highest BCUT2D eigenvalue weighted by Gasteiger charge is 2.12. The Balaban J connectivity index is 1.73. The molecule has 0 radical (unpaired) electrons. The number of rotatable bonds is 6. The zero-order valence-corrected chi connectivity index (χ0v) is 13.9. The molecule has 2 aromatic heterocycles. The van der Waals surface area contributed by atoms with Crippen LogP contribution in [0.4, 0.5) is 4.79 Å². The van der Waals surface area contributed by atoms with Gasteiger partial charge in [-0.2, -0.15) is 0 Å². The van der Waals surface area contributed by atoms with Crippen LogP contribution in [-0.2, 0) is 11.3 Å². The van der Waals surface area contributed by atoms with Crippen LogP contribution in [0, 0.1) is 0 Å². The number of thioether (sulfide) groups is 1. The van der Waals surface area contributed by atoms with E-state index in [1.807, 2.05) is 35.9 Å². The van der Waals surface area contributed by atoms with E-state index < -0.39 is 6.03 Å².